The van der Waals surface area contributed by atoms with E-state index >= 15 is 0 Å². The summed E-state index contributed by atoms with van der Waals surface area (Å²) >= 11 is 0. The smallest absolute Gasteiger partial charge is 0.265 e. The molecule has 0 spiro atoms. The molecule has 2 rings (SSSR count). The SMILES string of the molecule is Cc1c(C)c(S(=O)(=O)N(CCCCN)OCCCN)c(C)c2c1OC(C)(C)CC2.Cl. The third kappa shape index (κ3) is 5.87. The maximum absolute atomic E-state index is 13.6. The van der Waals surface area contributed by atoms with Gasteiger partial charge in [-0.2, -0.15) is 0 Å². The van der Waals surface area contributed by atoms with Crippen LogP contribution in [0.4, 0.5) is 0 Å². The Morgan fingerprint density at radius 1 is 1.03 bits per heavy atom. The highest BCUT2D eigenvalue weighted by Crippen LogP contribution is 2.42. The van der Waals surface area contributed by atoms with E-state index in [-0.39, 0.29) is 31.2 Å². The van der Waals surface area contributed by atoms with Crippen molar-refractivity contribution in [1.29, 1.82) is 0 Å². The van der Waals surface area contributed by atoms with Crippen LogP contribution < -0.4 is 16.2 Å². The van der Waals surface area contributed by atoms with Gasteiger partial charge in [0, 0.05) is 6.54 Å². The van der Waals surface area contributed by atoms with Gasteiger partial charge in [0.2, 0.25) is 0 Å². The second-order valence-electron chi connectivity index (χ2n) is 8.38. The average Bonchev–Trinajstić information content (AvgIpc) is 2.64. The van der Waals surface area contributed by atoms with E-state index < -0.39 is 10.0 Å². The van der Waals surface area contributed by atoms with Crippen molar-refractivity contribution < 1.29 is 18.0 Å². The number of hydrogen-bond acceptors (Lipinski definition) is 6. The standard InChI is InChI=1S/C21H37N3O4S.ClH/c1-15-16(2)20(17(3)18-9-10-21(4,5)28-19(15)18)29(25,26)24(13-7-6-11-22)27-14-8-12-23;/h6-14,22-23H2,1-5H3;1H. The molecule has 1 aromatic rings. The quantitative estimate of drug-likeness (QED) is 0.407. The molecule has 30 heavy (non-hydrogen) atoms. The summed E-state index contributed by atoms with van der Waals surface area (Å²) < 4.78 is 34.6. The van der Waals surface area contributed by atoms with Crippen LogP contribution in [0.25, 0.3) is 0 Å². The zero-order valence-corrected chi connectivity index (χ0v) is 20.5. The number of fused-ring (bicyclic) bond motifs is 1. The van der Waals surface area contributed by atoms with Gasteiger partial charge in [-0.05, 0) is 102 Å². The number of hydroxylamine groups is 1. The first-order valence-electron chi connectivity index (χ1n) is 10.4. The number of benzene rings is 1. The lowest BCUT2D eigenvalue weighted by Gasteiger charge is -2.36. The van der Waals surface area contributed by atoms with Crippen molar-refractivity contribution in [2.45, 2.75) is 77.2 Å². The Labute approximate surface area is 187 Å². The molecule has 0 aromatic heterocycles. The highest BCUT2D eigenvalue weighted by atomic mass is 35.5. The Kier molecular flexibility index (Phi) is 10.0. The molecule has 0 bridgehead atoms. The molecule has 1 aromatic carbocycles. The Morgan fingerprint density at radius 2 is 1.67 bits per heavy atom. The topological polar surface area (TPSA) is 108 Å². The monoisotopic (exact) mass is 463 g/mol. The van der Waals surface area contributed by atoms with Crippen LogP contribution in [-0.2, 0) is 21.3 Å². The van der Waals surface area contributed by atoms with E-state index in [0.717, 1.165) is 46.2 Å². The van der Waals surface area contributed by atoms with Crippen LogP contribution in [0.3, 0.4) is 0 Å². The molecule has 0 saturated carbocycles. The first kappa shape index (κ1) is 27.1. The molecule has 1 aliphatic heterocycles. The molecule has 0 fully saturated rings. The van der Waals surface area contributed by atoms with Gasteiger partial charge in [-0.15, -0.1) is 12.4 Å². The number of nitrogens with two attached hydrogens (primary N) is 2. The van der Waals surface area contributed by atoms with Crippen LogP contribution in [0, 0.1) is 20.8 Å². The second-order valence-corrected chi connectivity index (χ2v) is 10.1. The third-order valence-corrected chi connectivity index (χ3v) is 7.52. The number of hydrogen-bond donors (Lipinski definition) is 2. The van der Waals surface area contributed by atoms with Crippen LogP contribution >= 0.6 is 12.4 Å². The summed E-state index contributed by atoms with van der Waals surface area (Å²) in [4.78, 5) is 6.00. The highest BCUT2D eigenvalue weighted by molar-refractivity contribution is 7.89. The Balaban J connectivity index is 0.00000450. The van der Waals surface area contributed by atoms with Gasteiger partial charge in [0.1, 0.15) is 11.4 Å². The van der Waals surface area contributed by atoms with Crippen LogP contribution in [0.5, 0.6) is 5.75 Å². The lowest BCUT2D eigenvalue weighted by Crippen LogP contribution is -2.36. The van der Waals surface area contributed by atoms with Gasteiger partial charge in [0.15, 0.2) is 0 Å². The molecule has 0 radical (unpaired) electrons. The maximum atomic E-state index is 13.6. The fourth-order valence-electron chi connectivity index (χ4n) is 3.73. The van der Waals surface area contributed by atoms with Crippen molar-refractivity contribution >= 4 is 22.4 Å². The van der Waals surface area contributed by atoms with E-state index in [1.165, 1.54) is 0 Å². The molecule has 0 saturated heterocycles. The minimum Gasteiger partial charge on any atom is -0.487 e. The molecule has 0 amide bonds. The number of sulfonamides is 1. The van der Waals surface area contributed by atoms with E-state index in [1.807, 2.05) is 20.8 Å². The van der Waals surface area contributed by atoms with Crippen molar-refractivity contribution in [1.82, 2.24) is 4.47 Å². The summed E-state index contributed by atoms with van der Waals surface area (Å²) in [5, 5.41) is 0. The minimum absolute atomic E-state index is 0. The normalized spacial score (nSPS) is 15.5. The summed E-state index contributed by atoms with van der Waals surface area (Å²) in [5.74, 6) is 0.828. The Morgan fingerprint density at radius 3 is 2.27 bits per heavy atom. The number of halogens is 1. The number of unbranched alkanes of at least 4 members (excludes halogenated alkanes) is 1. The number of rotatable bonds is 10. The van der Waals surface area contributed by atoms with Crippen molar-refractivity contribution in [3.05, 3.63) is 22.3 Å². The molecule has 0 atom stereocenters. The lowest BCUT2D eigenvalue weighted by molar-refractivity contribution is -0.0852. The third-order valence-electron chi connectivity index (χ3n) is 5.57. The molecular formula is C21H38ClN3O4S. The van der Waals surface area contributed by atoms with Crippen molar-refractivity contribution in [3.8, 4) is 5.75 Å². The number of ether oxygens (including phenoxy) is 1. The van der Waals surface area contributed by atoms with E-state index in [9.17, 15) is 8.42 Å². The van der Waals surface area contributed by atoms with Gasteiger partial charge < -0.3 is 16.2 Å². The first-order valence-corrected chi connectivity index (χ1v) is 11.9. The van der Waals surface area contributed by atoms with Crippen molar-refractivity contribution in [2.24, 2.45) is 11.5 Å². The Hall–Kier alpha value is -0.900. The van der Waals surface area contributed by atoms with E-state index in [4.69, 9.17) is 21.0 Å². The van der Waals surface area contributed by atoms with E-state index in [1.54, 1.807) is 0 Å². The van der Waals surface area contributed by atoms with Crippen molar-refractivity contribution in [3.63, 3.8) is 0 Å². The largest absolute Gasteiger partial charge is 0.487 e. The predicted octanol–water partition coefficient (Wildman–Crippen LogP) is 3.15. The fourth-order valence-corrected chi connectivity index (χ4v) is 5.56. The van der Waals surface area contributed by atoms with Crippen LogP contribution in [0.1, 0.15) is 61.8 Å². The second kappa shape index (κ2) is 11.1. The zero-order valence-electron chi connectivity index (χ0n) is 18.9. The zero-order chi connectivity index (χ0) is 21.8. The lowest BCUT2D eigenvalue weighted by atomic mass is 9.88. The molecule has 174 valence electrons. The molecular weight excluding hydrogens is 426 g/mol. The predicted molar refractivity (Wildman–Crippen MR) is 123 cm³/mol. The molecule has 0 unspecified atom stereocenters. The summed E-state index contributed by atoms with van der Waals surface area (Å²) in [5.41, 5.74) is 14.2. The van der Waals surface area contributed by atoms with E-state index in [2.05, 4.69) is 13.8 Å². The maximum Gasteiger partial charge on any atom is 0.265 e. The summed E-state index contributed by atoms with van der Waals surface area (Å²) in [6.45, 7) is 11.3. The van der Waals surface area contributed by atoms with Crippen molar-refractivity contribution in [2.75, 3.05) is 26.2 Å². The fraction of sp³-hybridized carbons (Fsp3) is 0.714. The molecule has 1 heterocycles. The van der Waals surface area contributed by atoms with Crippen LogP contribution in [-0.4, -0.2) is 44.7 Å². The highest BCUT2D eigenvalue weighted by Gasteiger charge is 2.36. The Bertz CT molecular complexity index is 818. The van der Waals surface area contributed by atoms with Gasteiger partial charge in [-0.1, -0.05) is 4.47 Å². The molecule has 1 aliphatic rings. The van der Waals surface area contributed by atoms with Gasteiger partial charge in [0.05, 0.1) is 11.5 Å². The summed E-state index contributed by atoms with van der Waals surface area (Å²) in [6.07, 6.45) is 3.59. The average molecular weight is 464 g/mol. The van der Waals surface area contributed by atoms with Gasteiger partial charge in [-0.25, -0.2) is 8.42 Å². The van der Waals surface area contributed by atoms with E-state index in [0.29, 0.717) is 36.4 Å². The number of nitrogens with zero attached hydrogens (tertiary/aromatic N) is 1. The molecule has 4 N–H and O–H groups in total. The summed E-state index contributed by atoms with van der Waals surface area (Å²) in [7, 11) is -3.83. The minimum atomic E-state index is -3.83. The first-order chi connectivity index (χ1) is 13.6. The molecule has 7 nitrogen and oxygen atoms in total. The summed E-state index contributed by atoms with van der Waals surface area (Å²) in [6, 6.07) is 0. The van der Waals surface area contributed by atoms with Crippen LogP contribution in [0.15, 0.2) is 4.90 Å². The van der Waals surface area contributed by atoms with Gasteiger partial charge in [-0.3, -0.25) is 4.84 Å². The molecule has 9 heteroatoms. The van der Waals surface area contributed by atoms with Gasteiger partial charge in [0.25, 0.3) is 10.0 Å². The molecule has 0 aliphatic carbocycles. The van der Waals surface area contributed by atoms with Crippen LogP contribution in [0.2, 0.25) is 0 Å². The van der Waals surface area contributed by atoms with Gasteiger partial charge >= 0.3 is 0 Å².